The summed E-state index contributed by atoms with van der Waals surface area (Å²) < 4.78 is 12.9. The number of halogens is 1. The largest absolute Gasteiger partial charge is 0.396 e. The summed E-state index contributed by atoms with van der Waals surface area (Å²) in [6.07, 6.45) is 2.14. The molecule has 1 heterocycles. The van der Waals surface area contributed by atoms with Gasteiger partial charge in [0.2, 0.25) is 0 Å². The molecule has 1 saturated heterocycles. The number of piperidine rings is 1. The van der Waals surface area contributed by atoms with Gasteiger partial charge in [-0.3, -0.25) is 0 Å². The molecular formula is C10H20FNO. The van der Waals surface area contributed by atoms with Gasteiger partial charge in [0.25, 0.3) is 0 Å². The summed E-state index contributed by atoms with van der Waals surface area (Å²) in [5.74, 6) is 0.269. The molecule has 2 nitrogen and oxygen atoms in total. The van der Waals surface area contributed by atoms with E-state index in [1.165, 1.54) is 0 Å². The van der Waals surface area contributed by atoms with Gasteiger partial charge in [-0.2, -0.15) is 0 Å². The molecule has 1 N–H and O–H groups in total. The maximum atomic E-state index is 12.9. The first kappa shape index (κ1) is 10.9. The van der Waals surface area contributed by atoms with Crippen molar-refractivity contribution in [3.63, 3.8) is 0 Å². The van der Waals surface area contributed by atoms with Crippen molar-refractivity contribution in [2.75, 3.05) is 26.2 Å². The Morgan fingerprint density at radius 1 is 1.46 bits per heavy atom. The highest BCUT2D eigenvalue weighted by molar-refractivity contribution is 4.75. The van der Waals surface area contributed by atoms with E-state index >= 15 is 0 Å². The van der Waals surface area contributed by atoms with Crippen LogP contribution in [0.4, 0.5) is 4.39 Å². The van der Waals surface area contributed by atoms with Crippen molar-refractivity contribution in [3.05, 3.63) is 0 Å². The lowest BCUT2D eigenvalue weighted by atomic mass is 9.93. The van der Waals surface area contributed by atoms with Crippen LogP contribution in [0.3, 0.4) is 0 Å². The fraction of sp³-hybridized carbons (Fsp3) is 1.00. The van der Waals surface area contributed by atoms with Crippen LogP contribution in [0.25, 0.3) is 0 Å². The van der Waals surface area contributed by atoms with Crippen LogP contribution in [0.2, 0.25) is 0 Å². The summed E-state index contributed by atoms with van der Waals surface area (Å²) in [6, 6.07) is 0. The molecule has 0 bridgehead atoms. The summed E-state index contributed by atoms with van der Waals surface area (Å²) in [5, 5.41) is 8.65. The second-order valence-electron chi connectivity index (χ2n) is 3.93. The quantitative estimate of drug-likeness (QED) is 0.723. The molecular weight excluding hydrogens is 169 g/mol. The van der Waals surface area contributed by atoms with Gasteiger partial charge in [0, 0.05) is 13.2 Å². The van der Waals surface area contributed by atoms with Gasteiger partial charge in [-0.25, -0.2) is 4.39 Å². The van der Waals surface area contributed by atoms with E-state index in [-0.39, 0.29) is 12.5 Å². The van der Waals surface area contributed by atoms with Gasteiger partial charge in [-0.05, 0) is 45.2 Å². The Balaban J connectivity index is 2.15. The highest BCUT2D eigenvalue weighted by atomic mass is 19.1. The van der Waals surface area contributed by atoms with E-state index in [0.29, 0.717) is 0 Å². The van der Waals surface area contributed by atoms with Crippen molar-refractivity contribution >= 4 is 0 Å². The summed E-state index contributed by atoms with van der Waals surface area (Å²) in [5.41, 5.74) is 0. The topological polar surface area (TPSA) is 23.5 Å². The summed E-state index contributed by atoms with van der Waals surface area (Å²) >= 11 is 0. The number of hydrogen-bond donors (Lipinski definition) is 1. The Hall–Kier alpha value is -0.150. The second-order valence-corrected chi connectivity index (χ2v) is 3.93. The fourth-order valence-electron chi connectivity index (χ4n) is 1.93. The lowest BCUT2D eigenvalue weighted by Crippen LogP contribution is -2.36. The molecule has 1 aliphatic rings. The monoisotopic (exact) mass is 189 g/mol. The lowest BCUT2D eigenvalue weighted by Gasteiger charge is -2.32. The molecule has 1 unspecified atom stereocenters. The van der Waals surface area contributed by atoms with Gasteiger partial charge in [-0.15, -0.1) is 0 Å². The van der Waals surface area contributed by atoms with Crippen LogP contribution in [0.15, 0.2) is 0 Å². The number of hydrogen-bond acceptors (Lipinski definition) is 2. The third kappa shape index (κ3) is 3.61. The summed E-state index contributed by atoms with van der Waals surface area (Å²) in [6.45, 7) is 4.88. The minimum Gasteiger partial charge on any atom is -0.396 e. The Kier molecular flexibility index (Phi) is 4.67. The molecule has 0 radical (unpaired) electrons. The zero-order chi connectivity index (χ0) is 9.68. The molecule has 0 amide bonds. The molecule has 1 fully saturated rings. The van der Waals surface area contributed by atoms with Crippen LogP contribution >= 0.6 is 0 Å². The Labute approximate surface area is 79.7 Å². The normalized spacial score (nSPS) is 23.3. The highest BCUT2D eigenvalue weighted by Crippen LogP contribution is 2.22. The molecule has 3 heteroatoms. The number of aliphatic hydroxyl groups excluding tert-OH is 1. The van der Waals surface area contributed by atoms with Crippen molar-refractivity contribution in [2.45, 2.75) is 32.4 Å². The molecule has 0 saturated carbocycles. The molecule has 0 aromatic carbocycles. The Morgan fingerprint density at radius 2 is 2.08 bits per heavy atom. The van der Waals surface area contributed by atoms with Gasteiger partial charge < -0.3 is 10.0 Å². The summed E-state index contributed by atoms with van der Waals surface area (Å²) in [7, 11) is 0. The Morgan fingerprint density at radius 3 is 2.54 bits per heavy atom. The lowest BCUT2D eigenvalue weighted by molar-refractivity contribution is 0.122. The maximum Gasteiger partial charge on any atom is 0.100 e. The van der Waals surface area contributed by atoms with E-state index < -0.39 is 6.17 Å². The zero-order valence-corrected chi connectivity index (χ0v) is 8.38. The molecule has 78 valence electrons. The molecule has 0 aliphatic carbocycles. The van der Waals surface area contributed by atoms with Crippen molar-refractivity contribution in [2.24, 2.45) is 5.92 Å². The number of alkyl halides is 1. The predicted octanol–water partition coefficient (Wildman–Crippen LogP) is 1.44. The third-order valence-electron chi connectivity index (χ3n) is 2.91. The molecule has 1 atom stereocenters. The number of nitrogens with zero attached hydrogens (tertiary/aromatic N) is 1. The smallest absolute Gasteiger partial charge is 0.100 e. The first-order chi connectivity index (χ1) is 6.24. The van der Waals surface area contributed by atoms with Gasteiger partial charge in [0.05, 0.1) is 0 Å². The van der Waals surface area contributed by atoms with Crippen LogP contribution in [-0.2, 0) is 0 Å². The number of likely N-dealkylation sites (tertiary alicyclic amines) is 1. The van der Waals surface area contributed by atoms with E-state index in [0.717, 1.165) is 38.9 Å². The molecule has 0 aromatic heterocycles. The number of aliphatic hydroxyl groups is 1. The standard InChI is InChI=1S/C10H20FNO/c1-9(11)10-3-6-12(7-4-10)5-2-8-13/h9-10,13H,2-8H2,1H3. The minimum absolute atomic E-state index is 0.263. The van der Waals surface area contributed by atoms with Gasteiger partial charge in [-0.1, -0.05) is 0 Å². The van der Waals surface area contributed by atoms with Gasteiger partial charge >= 0.3 is 0 Å². The van der Waals surface area contributed by atoms with Crippen LogP contribution < -0.4 is 0 Å². The zero-order valence-electron chi connectivity index (χ0n) is 8.38. The van der Waals surface area contributed by atoms with E-state index in [1.807, 2.05) is 0 Å². The average molecular weight is 189 g/mol. The van der Waals surface area contributed by atoms with Gasteiger partial charge in [0.15, 0.2) is 0 Å². The van der Waals surface area contributed by atoms with Gasteiger partial charge in [0.1, 0.15) is 6.17 Å². The van der Waals surface area contributed by atoms with Crippen molar-refractivity contribution < 1.29 is 9.50 Å². The first-order valence-electron chi connectivity index (χ1n) is 5.21. The van der Waals surface area contributed by atoms with Crippen LogP contribution in [0.1, 0.15) is 26.2 Å². The number of rotatable bonds is 4. The van der Waals surface area contributed by atoms with E-state index in [9.17, 15) is 4.39 Å². The van der Waals surface area contributed by atoms with Crippen molar-refractivity contribution in [3.8, 4) is 0 Å². The van der Waals surface area contributed by atoms with Crippen LogP contribution in [0.5, 0.6) is 0 Å². The van der Waals surface area contributed by atoms with E-state index in [1.54, 1.807) is 6.92 Å². The molecule has 1 rings (SSSR count). The summed E-state index contributed by atoms with van der Waals surface area (Å²) in [4.78, 5) is 2.31. The van der Waals surface area contributed by atoms with Crippen molar-refractivity contribution in [1.29, 1.82) is 0 Å². The molecule has 1 aliphatic heterocycles. The van der Waals surface area contributed by atoms with Crippen LogP contribution in [0, 0.1) is 5.92 Å². The molecule has 0 aromatic rings. The molecule has 13 heavy (non-hydrogen) atoms. The molecule has 0 spiro atoms. The van der Waals surface area contributed by atoms with E-state index in [4.69, 9.17) is 5.11 Å². The first-order valence-corrected chi connectivity index (χ1v) is 5.21. The SMILES string of the molecule is CC(F)C1CCN(CCCO)CC1. The predicted molar refractivity (Wildman–Crippen MR) is 51.4 cm³/mol. The average Bonchev–Trinajstić information content (AvgIpc) is 2.15. The van der Waals surface area contributed by atoms with Crippen molar-refractivity contribution in [1.82, 2.24) is 4.90 Å². The minimum atomic E-state index is -0.653. The fourth-order valence-corrected chi connectivity index (χ4v) is 1.93. The van der Waals surface area contributed by atoms with Crippen LogP contribution in [-0.4, -0.2) is 42.4 Å². The third-order valence-corrected chi connectivity index (χ3v) is 2.91. The second kappa shape index (κ2) is 5.55. The highest BCUT2D eigenvalue weighted by Gasteiger charge is 2.22. The maximum absolute atomic E-state index is 12.9. The van der Waals surface area contributed by atoms with E-state index in [2.05, 4.69) is 4.90 Å². The Bertz CT molecular complexity index is 133.